The van der Waals surface area contributed by atoms with Crippen molar-refractivity contribution in [2.75, 3.05) is 19.6 Å². The Balaban J connectivity index is 2.36. The van der Waals surface area contributed by atoms with Gasteiger partial charge in [0.15, 0.2) is 0 Å². The van der Waals surface area contributed by atoms with Gasteiger partial charge in [-0.2, -0.15) is 0 Å². The SMILES string of the molecule is CCCN1CCCC(CN)C1c1cc(Br)ccc1F. The number of benzene rings is 1. The second kappa shape index (κ2) is 6.82. The fourth-order valence-electron chi connectivity index (χ4n) is 3.13. The monoisotopic (exact) mass is 328 g/mol. The third-order valence-corrected chi connectivity index (χ3v) is 4.44. The number of nitrogens with two attached hydrogens (primary N) is 1. The van der Waals surface area contributed by atoms with Crippen molar-refractivity contribution in [2.24, 2.45) is 11.7 Å². The number of nitrogens with zero attached hydrogens (tertiary/aromatic N) is 1. The normalized spacial score (nSPS) is 24.6. The van der Waals surface area contributed by atoms with Gasteiger partial charge in [-0.1, -0.05) is 22.9 Å². The molecule has 1 fully saturated rings. The first-order chi connectivity index (χ1) is 9.17. The predicted octanol–water partition coefficient (Wildman–Crippen LogP) is 3.71. The van der Waals surface area contributed by atoms with E-state index in [2.05, 4.69) is 27.8 Å². The zero-order valence-corrected chi connectivity index (χ0v) is 13.0. The van der Waals surface area contributed by atoms with Crippen molar-refractivity contribution < 1.29 is 4.39 Å². The van der Waals surface area contributed by atoms with Crippen LogP contribution in [0.5, 0.6) is 0 Å². The first kappa shape index (κ1) is 14.9. The molecule has 0 aliphatic carbocycles. The summed E-state index contributed by atoms with van der Waals surface area (Å²) < 4.78 is 15.1. The Morgan fingerprint density at radius 2 is 2.26 bits per heavy atom. The molecule has 4 heteroatoms. The van der Waals surface area contributed by atoms with Crippen molar-refractivity contribution in [3.8, 4) is 0 Å². The molecule has 2 rings (SSSR count). The summed E-state index contributed by atoms with van der Waals surface area (Å²) in [6.07, 6.45) is 3.34. The third-order valence-electron chi connectivity index (χ3n) is 3.95. The van der Waals surface area contributed by atoms with E-state index in [4.69, 9.17) is 5.73 Å². The molecule has 1 aromatic carbocycles. The Labute approximate surface area is 123 Å². The summed E-state index contributed by atoms with van der Waals surface area (Å²) in [5.41, 5.74) is 6.71. The first-order valence-electron chi connectivity index (χ1n) is 7.06. The maximum absolute atomic E-state index is 14.2. The Morgan fingerprint density at radius 1 is 1.47 bits per heavy atom. The molecule has 1 saturated heterocycles. The molecule has 1 aromatic rings. The van der Waals surface area contributed by atoms with Crippen LogP contribution < -0.4 is 5.73 Å². The Morgan fingerprint density at radius 3 is 2.95 bits per heavy atom. The highest BCUT2D eigenvalue weighted by molar-refractivity contribution is 9.10. The van der Waals surface area contributed by atoms with Gasteiger partial charge in [0.1, 0.15) is 5.82 Å². The summed E-state index contributed by atoms with van der Waals surface area (Å²) >= 11 is 3.45. The Hall–Kier alpha value is -0.450. The second-order valence-corrected chi connectivity index (χ2v) is 6.20. The summed E-state index contributed by atoms with van der Waals surface area (Å²) in [6, 6.07) is 5.34. The molecule has 0 spiro atoms. The van der Waals surface area contributed by atoms with Crippen LogP contribution in [0, 0.1) is 11.7 Å². The van der Waals surface area contributed by atoms with E-state index in [9.17, 15) is 4.39 Å². The van der Waals surface area contributed by atoms with Crippen molar-refractivity contribution in [3.63, 3.8) is 0 Å². The molecule has 1 heterocycles. The maximum atomic E-state index is 14.2. The molecule has 0 radical (unpaired) electrons. The van der Waals surface area contributed by atoms with E-state index in [1.165, 1.54) is 0 Å². The lowest BCUT2D eigenvalue weighted by Gasteiger charge is -2.41. The van der Waals surface area contributed by atoms with Crippen LogP contribution in [-0.2, 0) is 0 Å². The van der Waals surface area contributed by atoms with E-state index in [-0.39, 0.29) is 11.9 Å². The zero-order valence-electron chi connectivity index (χ0n) is 11.4. The van der Waals surface area contributed by atoms with Crippen LogP contribution in [0.4, 0.5) is 4.39 Å². The summed E-state index contributed by atoms with van der Waals surface area (Å²) in [6.45, 7) is 4.84. The van der Waals surface area contributed by atoms with Gasteiger partial charge in [0.25, 0.3) is 0 Å². The minimum atomic E-state index is -0.116. The fraction of sp³-hybridized carbons (Fsp3) is 0.600. The van der Waals surface area contributed by atoms with Crippen LogP contribution in [0.2, 0.25) is 0 Å². The van der Waals surface area contributed by atoms with Gasteiger partial charge in [0.2, 0.25) is 0 Å². The van der Waals surface area contributed by atoms with E-state index < -0.39 is 0 Å². The van der Waals surface area contributed by atoms with Crippen molar-refractivity contribution in [2.45, 2.75) is 32.2 Å². The molecule has 0 amide bonds. The molecule has 0 aromatic heterocycles. The van der Waals surface area contributed by atoms with E-state index in [0.29, 0.717) is 12.5 Å². The number of hydrogen-bond acceptors (Lipinski definition) is 2. The minimum absolute atomic E-state index is 0.116. The lowest BCUT2D eigenvalue weighted by Crippen LogP contribution is -2.42. The fourth-order valence-corrected chi connectivity index (χ4v) is 3.51. The maximum Gasteiger partial charge on any atom is 0.128 e. The number of rotatable bonds is 4. The highest BCUT2D eigenvalue weighted by atomic mass is 79.9. The molecule has 2 N–H and O–H groups in total. The van der Waals surface area contributed by atoms with Crippen molar-refractivity contribution >= 4 is 15.9 Å². The van der Waals surface area contributed by atoms with Crippen molar-refractivity contribution in [1.82, 2.24) is 4.90 Å². The van der Waals surface area contributed by atoms with Crippen LogP contribution in [0.1, 0.15) is 37.8 Å². The average Bonchev–Trinajstić information content (AvgIpc) is 2.42. The Kier molecular flexibility index (Phi) is 5.37. The van der Waals surface area contributed by atoms with Crippen LogP contribution in [0.15, 0.2) is 22.7 Å². The van der Waals surface area contributed by atoms with Crippen LogP contribution in [0.3, 0.4) is 0 Å². The standard InChI is InChI=1S/C15H22BrFN2/c1-2-7-19-8-3-4-11(10-18)15(19)13-9-12(16)5-6-14(13)17/h5-6,9,11,15H,2-4,7-8,10,18H2,1H3. The minimum Gasteiger partial charge on any atom is -0.330 e. The number of piperidine rings is 1. The van der Waals surface area contributed by atoms with Crippen LogP contribution >= 0.6 is 15.9 Å². The van der Waals surface area contributed by atoms with Crippen molar-refractivity contribution in [3.05, 3.63) is 34.1 Å². The summed E-state index contributed by atoms with van der Waals surface area (Å²) in [5.74, 6) is 0.235. The number of likely N-dealkylation sites (tertiary alicyclic amines) is 1. The summed E-state index contributed by atoms with van der Waals surface area (Å²) in [4.78, 5) is 2.39. The predicted molar refractivity (Wildman–Crippen MR) is 80.5 cm³/mol. The smallest absolute Gasteiger partial charge is 0.128 e. The first-order valence-corrected chi connectivity index (χ1v) is 7.85. The number of hydrogen-bond donors (Lipinski definition) is 1. The molecule has 0 bridgehead atoms. The zero-order chi connectivity index (χ0) is 13.8. The van der Waals surface area contributed by atoms with Gasteiger partial charge in [-0.25, -0.2) is 4.39 Å². The van der Waals surface area contributed by atoms with E-state index >= 15 is 0 Å². The molecular weight excluding hydrogens is 307 g/mol. The van der Waals surface area contributed by atoms with Gasteiger partial charge >= 0.3 is 0 Å². The molecular formula is C15H22BrFN2. The highest BCUT2D eigenvalue weighted by Crippen LogP contribution is 2.37. The van der Waals surface area contributed by atoms with Gasteiger partial charge in [-0.15, -0.1) is 0 Å². The second-order valence-electron chi connectivity index (χ2n) is 5.28. The topological polar surface area (TPSA) is 29.3 Å². The van der Waals surface area contributed by atoms with Crippen LogP contribution in [-0.4, -0.2) is 24.5 Å². The van der Waals surface area contributed by atoms with Crippen molar-refractivity contribution in [1.29, 1.82) is 0 Å². The van der Waals surface area contributed by atoms with Gasteiger partial charge in [-0.05, 0) is 63.0 Å². The van der Waals surface area contributed by atoms with E-state index in [1.807, 2.05) is 6.07 Å². The summed E-state index contributed by atoms with van der Waals surface area (Å²) in [7, 11) is 0. The average molecular weight is 329 g/mol. The molecule has 0 saturated carbocycles. The lowest BCUT2D eigenvalue weighted by atomic mass is 9.84. The largest absolute Gasteiger partial charge is 0.330 e. The van der Waals surface area contributed by atoms with Gasteiger partial charge in [0, 0.05) is 16.1 Å². The molecule has 106 valence electrons. The molecule has 2 unspecified atom stereocenters. The quantitative estimate of drug-likeness (QED) is 0.912. The molecule has 19 heavy (non-hydrogen) atoms. The van der Waals surface area contributed by atoms with E-state index in [1.54, 1.807) is 12.1 Å². The molecule has 1 aliphatic heterocycles. The Bertz CT molecular complexity index is 423. The van der Waals surface area contributed by atoms with Gasteiger partial charge < -0.3 is 5.73 Å². The summed E-state index contributed by atoms with van der Waals surface area (Å²) in [5, 5.41) is 0. The lowest BCUT2D eigenvalue weighted by molar-refractivity contribution is 0.0933. The number of halogens is 2. The van der Waals surface area contributed by atoms with Gasteiger partial charge in [0.05, 0.1) is 0 Å². The van der Waals surface area contributed by atoms with Crippen LogP contribution in [0.25, 0.3) is 0 Å². The van der Waals surface area contributed by atoms with Gasteiger partial charge in [-0.3, -0.25) is 4.90 Å². The highest BCUT2D eigenvalue weighted by Gasteiger charge is 2.33. The molecule has 2 atom stereocenters. The van der Waals surface area contributed by atoms with E-state index in [0.717, 1.165) is 42.4 Å². The molecule has 2 nitrogen and oxygen atoms in total. The molecule has 1 aliphatic rings. The third kappa shape index (κ3) is 3.36.